The molecular formula is C18H17BrN4O3S2. The van der Waals surface area contributed by atoms with Gasteiger partial charge in [0.2, 0.25) is 11.8 Å². The Hall–Kier alpha value is -2.17. The zero-order chi connectivity index (χ0) is 20.1. The Kier molecular flexibility index (Phi) is 6.87. The lowest BCUT2D eigenvalue weighted by Crippen LogP contribution is -2.34. The van der Waals surface area contributed by atoms with Crippen molar-refractivity contribution in [2.45, 2.75) is 18.6 Å². The summed E-state index contributed by atoms with van der Waals surface area (Å²) >= 11 is 5.88. The maximum absolute atomic E-state index is 12.5. The summed E-state index contributed by atoms with van der Waals surface area (Å²) < 4.78 is 2.92. The van der Waals surface area contributed by atoms with Crippen LogP contribution in [-0.2, 0) is 16.1 Å². The molecule has 0 saturated carbocycles. The van der Waals surface area contributed by atoms with Crippen LogP contribution in [0.3, 0.4) is 0 Å². The number of carbonyl (C=O) groups is 2. The second-order valence-corrected chi connectivity index (χ2v) is 8.39. The smallest absolute Gasteiger partial charge is 0.272 e. The standard InChI is InChI=1S/C18H17BrN4O3S2/c1-2-23-17(26)16-13(7-8-27-16)22-18(23)28-10-15(25)20-9-14(24)21-12-6-4-3-5-11(12)19/h3-8H,2,9-10H2,1H3,(H,20,25)(H,21,24). The molecule has 28 heavy (non-hydrogen) atoms. The SMILES string of the molecule is CCn1c(SCC(=O)NCC(=O)Nc2ccccc2Br)nc2ccsc2c1=O. The molecule has 0 atom stereocenters. The van der Waals surface area contributed by atoms with Gasteiger partial charge in [-0.25, -0.2) is 4.98 Å². The fourth-order valence-electron chi connectivity index (χ4n) is 2.43. The van der Waals surface area contributed by atoms with Gasteiger partial charge in [0.05, 0.1) is 23.5 Å². The van der Waals surface area contributed by atoms with Crippen LogP contribution in [0.2, 0.25) is 0 Å². The van der Waals surface area contributed by atoms with Gasteiger partial charge in [0.1, 0.15) is 4.70 Å². The topological polar surface area (TPSA) is 93.1 Å². The van der Waals surface area contributed by atoms with E-state index in [9.17, 15) is 14.4 Å². The first-order valence-corrected chi connectivity index (χ1v) is 11.1. The predicted octanol–water partition coefficient (Wildman–Crippen LogP) is 3.09. The summed E-state index contributed by atoms with van der Waals surface area (Å²) in [5, 5.41) is 7.61. The minimum Gasteiger partial charge on any atom is -0.346 e. The molecule has 146 valence electrons. The van der Waals surface area contributed by atoms with Crippen molar-refractivity contribution in [2.24, 2.45) is 0 Å². The van der Waals surface area contributed by atoms with Crippen LogP contribution in [0.1, 0.15) is 6.92 Å². The van der Waals surface area contributed by atoms with Crippen LogP contribution < -0.4 is 16.2 Å². The Morgan fingerprint density at radius 1 is 1.25 bits per heavy atom. The van der Waals surface area contributed by atoms with E-state index in [-0.39, 0.29) is 29.7 Å². The number of hydrogen-bond donors (Lipinski definition) is 2. The van der Waals surface area contributed by atoms with Crippen LogP contribution in [0.4, 0.5) is 5.69 Å². The van der Waals surface area contributed by atoms with Gasteiger partial charge in [0.25, 0.3) is 5.56 Å². The van der Waals surface area contributed by atoms with Gasteiger partial charge in [-0.05, 0) is 46.4 Å². The number of nitrogens with one attached hydrogen (secondary N) is 2. The van der Waals surface area contributed by atoms with E-state index in [2.05, 4.69) is 31.5 Å². The number of anilines is 1. The average Bonchev–Trinajstić information content (AvgIpc) is 3.15. The van der Waals surface area contributed by atoms with Gasteiger partial charge in [-0.2, -0.15) is 0 Å². The largest absolute Gasteiger partial charge is 0.346 e. The Balaban J connectivity index is 1.56. The van der Waals surface area contributed by atoms with Crippen molar-refractivity contribution in [3.05, 3.63) is 50.5 Å². The number of thiophene rings is 1. The molecule has 0 saturated heterocycles. The maximum Gasteiger partial charge on any atom is 0.272 e. The number of carbonyl (C=O) groups excluding carboxylic acids is 2. The summed E-state index contributed by atoms with van der Waals surface area (Å²) in [5.41, 5.74) is 1.17. The van der Waals surface area contributed by atoms with Gasteiger partial charge < -0.3 is 10.6 Å². The number of thioether (sulfide) groups is 1. The van der Waals surface area contributed by atoms with E-state index in [1.807, 2.05) is 24.4 Å². The molecule has 7 nitrogen and oxygen atoms in total. The third kappa shape index (κ3) is 4.81. The molecule has 0 aliphatic rings. The van der Waals surface area contributed by atoms with Gasteiger partial charge in [-0.1, -0.05) is 23.9 Å². The molecule has 3 aromatic rings. The van der Waals surface area contributed by atoms with Crippen molar-refractivity contribution in [3.63, 3.8) is 0 Å². The molecule has 2 aromatic heterocycles. The van der Waals surface area contributed by atoms with Crippen molar-refractivity contribution >= 4 is 66.7 Å². The summed E-state index contributed by atoms with van der Waals surface area (Å²) in [7, 11) is 0. The molecule has 0 aliphatic carbocycles. The van der Waals surface area contributed by atoms with Crippen molar-refractivity contribution in [1.29, 1.82) is 0 Å². The van der Waals surface area contributed by atoms with Crippen molar-refractivity contribution in [2.75, 3.05) is 17.6 Å². The number of amides is 2. The minimum absolute atomic E-state index is 0.0599. The summed E-state index contributed by atoms with van der Waals surface area (Å²) in [5.74, 6) is -0.576. The molecule has 2 N–H and O–H groups in total. The third-order valence-corrected chi connectivity index (χ3v) is 6.33. The number of halogens is 1. The number of benzene rings is 1. The average molecular weight is 481 g/mol. The molecule has 3 rings (SSSR count). The first kappa shape index (κ1) is 20.6. The van der Waals surface area contributed by atoms with Gasteiger partial charge in [0, 0.05) is 11.0 Å². The third-order valence-electron chi connectivity index (χ3n) is 3.77. The van der Waals surface area contributed by atoms with Crippen LogP contribution >= 0.6 is 39.0 Å². The molecule has 2 amide bonds. The highest BCUT2D eigenvalue weighted by atomic mass is 79.9. The number of rotatable bonds is 7. The van der Waals surface area contributed by atoms with E-state index in [1.165, 1.54) is 23.1 Å². The van der Waals surface area contributed by atoms with Crippen molar-refractivity contribution < 1.29 is 9.59 Å². The van der Waals surface area contributed by atoms with E-state index in [0.717, 1.165) is 4.47 Å². The fraction of sp³-hybridized carbons (Fsp3) is 0.222. The molecule has 0 spiro atoms. The second kappa shape index (κ2) is 9.35. The van der Waals surface area contributed by atoms with Crippen LogP contribution in [0, 0.1) is 0 Å². The van der Waals surface area contributed by atoms with E-state index in [0.29, 0.717) is 27.6 Å². The first-order valence-electron chi connectivity index (χ1n) is 8.41. The molecule has 1 aromatic carbocycles. The molecule has 0 unspecified atom stereocenters. The zero-order valence-corrected chi connectivity index (χ0v) is 18.1. The Bertz CT molecular complexity index is 1080. The van der Waals surface area contributed by atoms with Gasteiger partial charge in [0.15, 0.2) is 5.16 Å². The highest BCUT2D eigenvalue weighted by Gasteiger charge is 2.14. The summed E-state index contributed by atoms with van der Waals surface area (Å²) in [6.45, 7) is 2.19. The van der Waals surface area contributed by atoms with Crippen LogP contribution in [0.5, 0.6) is 0 Å². The molecule has 0 bridgehead atoms. The van der Waals surface area contributed by atoms with Gasteiger partial charge >= 0.3 is 0 Å². The number of aromatic nitrogens is 2. The van der Waals surface area contributed by atoms with Crippen LogP contribution in [0.15, 0.2) is 50.1 Å². The minimum atomic E-state index is -0.325. The summed E-state index contributed by atoms with van der Waals surface area (Å²) in [6, 6.07) is 9.01. The van der Waals surface area contributed by atoms with Gasteiger partial charge in [-0.15, -0.1) is 11.3 Å². The monoisotopic (exact) mass is 480 g/mol. The normalized spacial score (nSPS) is 10.8. The molecule has 0 aliphatic heterocycles. The molecular weight excluding hydrogens is 464 g/mol. The lowest BCUT2D eigenvalue weighted by atomic mass is 10.3. The predicted molar refractivity (Wildman–Crippen MR) is 116 cm³/mol. The van der Waals surface area contributed by atoms with E-state index >= 15 is 0 Å². The lowest BCUT2D eigenvalue weighted by molar-refractivity contribution is -0.122. The molecule has 2 heterocycles. The Morgan fingerprint density at radius 3 is 2.79 bits per heavy atom. The Labute approximate surface area is 177 Å². The zero-order valence-electron chi connectivity index (χ0n) is 14.9. The van der Waals surface area contributed by atoms with Crippen molar-refractivity contribution in [3.8, 4) is 0 Å². The van der Waals surface area contributed by atoms with Crippen molar-refractivity contribution in [1.82, 2.24) is 14.9 Å². The van der Waals surface area contributed by atoms with Crippen LogP contribution in [-0.4, -0.2) is 33.7 Å². The fourth-order valence-corrected chi connectivity index (χ4v) is 4.48. The summed E-state index contributed by atoms with van der Waals surface area (Å²) in [4.78, 5) is 41.0. The maximum atomic E-state index is 12.5. The second-order valence-electron chi connectivity index (χ2n) is 5.67. The molecule has 0 radical (unpaired) electrons. The molecule has 0 fully saturated rings. The lowest BCUT2D eigenvalue weighted by Gasteiger charge is -2.10. The molecule has 10 heteroatoms. The van der Waals surface area contributed by atoms with Gasteiger partial charge in [-0.3, -0.25) is 19.0 Å². The van der Waals surface area contributed by atoms with E-state index < -0.39 is 0 Å². The van der Waals surface area contributed by atoms with E-state index in [1.54, 1.807) is 22.8 Å². The number of fused-ring (bicyclic) bond motifs is 1. The number of para-hydroxylation sites is 1. The van der Waals surface area contributed by atoms with Crippen LogP contribution in [0.25, 0.3) is 10.2 Å². The highest BCUT2D eigenvalue weighted by Crippen LogP contribution is 2.21. The first-order chi connectivity index (χ1) is 13.5. The quantitative estimate of drug-likeness (QED) is 0.400. The summed E-state index contributed by atoms with van der Waals surface area (Å²) in [6.07, 6.45) is 0. The highest BCUT2D eigenvalue weighted by molar-refractivity contribution is 9.10. The van der Waals surface area contributed by atoms with E-state index in [4.69, 9.17) is 0 Å². The Morgan fingerprint density at radius 2 is 2.04 bits per heavy atom. The number of nitrogens with zero attached hydrogens (tertiary/aromatic N) is 2. The number of hydrogen-bond acceptors (Lipinski definition) is 6.